The number of halogens is 3. The quantitative estimate of drug-likeness (QED) is 0.644. The van der Waals surface area contributed by atoms with Crippen LogP contribution in [0.3, 0.4) is 0 Å². The Labute approximate surface area is 109 Å². The molecule has 3 N–H and O–H groups in total. The minimum atomic E-state index is -4.14. The molecule has 1 saturated heterocycles. The first-order valence-corrected chi connectivity index (χ1v) is 6.22. The third kappa shape index (κ3) is 3.53. The number of nitrogens with two attached hydrogens (primary N) is 1. The first kappa shape index (κ1) is 14.0. The molecule has 0 aromatic heterocycles. The van der Waals surface area contributed by atoms with Gasteiger partial charge in [0.15, 0.2) is 0 Å². The van der Waals surface area contributed by atoms with Crippen LogP contribution in [0.5, 0.6) is 5.75 Å². The van der Waals surface area contributed by atoms with Crippen molar-refractivity contribution in [3.8, 4) is 5.75 Å². The molecule has 1 aromatic carbocycles. The van der Waals surface area contributed by atoms with E-state index in [4.69, 9.17) is 5.73 Å². The number of phenols is 1. The van der Waals surface area contributed by atoms with Gasteiger partial charge in [-0.25, -0.2) is 0 Å². The van der Waals surface area contributed by atoms with Crippen molar-refractivity contribution in [2.45, 2.75) is 25.6 Å². The first-order valence-electron chi connectivity index (χ1n) is 6.22. The van der Waals surface area contributed by atoms with E-state index < -0.39 is 12.1 Å². The number of anilines is 1. The number of phenolic OH excluding ortho intramolecular Hbond substituents is 1. The zero-order valence-corrected chi connectivity index (χ0v) is 10.5. The maximum Gasteiger partial charge on any atom is 0.393 e. The minimum absolute atomic E-state index is 0.0161. The van der Waals surface area contributed by atoms with Crippen LogP contribution in [-0.4, -0.2) is 29.3 Å². The predicted octanol–water partition coefficient (Wildman–Crippen LogP) is 2.75. The van der Waals surface area contributed by atoms with Gasteiger partial charge in [-0.2, -0.15) is 13.2 Å². The zero-order valence-electron chi connectivity index (χ0n) is 10.5. The molecule has 1 unspecified atom stereocenters. The smallest absolute Gasteiger partial charge is 0.393 e. The number of piperidine rings is 1. The van der Waals surface area contributed by atoms with Crippen LogP contribution < -0.4 is 5.73 Å². The van der Waals surface area contributed by atoms with E-state index in [0.717, 1.165) is 0 Å². The second-order valence-electron chi connectivity index (χ2n) is 5.00. The highest BCUT2D eigenvalue weighted by Crippen LogP contribution is 2.34. The summed E-state index contributed by atoms with van der Waals surface area (Å²) in [6.07, 6.45) is -3.44. The lowest BCUT2D eigenvalue weighted by Crippen LogP contribution is -2.41. The van der Waals surface area contributed by atoms with E-state index in [-0.39, 0.29) is 18.7 Å². The minimum Gasteiger partial charge on any atom is -0.508 e. The number of nitrogen functional groups attached to an aromatic ring is 1. The molecule has 1 aliphatic rings. The van der Waals surface area contributed by atoms with Crippen molar-refractivity contribution in [3.63, 3.8) is 0 Å². The van der Waals surface area contributed by atoms with Crippen LogP contribution in [0.1, 0.15) is 18.4 Å². The number of hydrogen-bond donors (Lipinski definition) is 2. The Morgan fingerprint density at radius 1 is 1.37 bits per heavy atom. The third-order valence-electron chi connectivity index (χ3n) is 3.47. The van der Waals surface area contributed by atoms with Gasteiger partial charge in [-0.15, -0.1) is 0 Å². The van der Waals surface area contributed by atoms with Gasteiger partial charge in [0.05, 0.1) is 5.92 Å². The van der Waals surface area contributed by atoms with Crippen molar-refractivity contribution < 1.29 is 18.3 Å². The molecule has 1 aromatic rings. The van der Waals surface area contributed by atoms with Crippen LogP contribution in [0.2, 0.25) is 0 Å². The number of likely N-dealkylation sites (tertiary alicyclic amines) is 1. The van der Waals surface area contributed by atoms with E-state index in [9.17, 15) is 18.3 Å². The van der Waals surface area contributed by atoms with E-state index in [1.165, 1.54) is 6.07 Å². The van der Waals surface area contributed by atoms with E-state index in [0.29, 0.717) is 30.8 Å². The molecular formula is C13H17F3N2O. The van der Waals surface area contributed by atoms with E-state index >= 15 is 0 Å². The van der Waals surface area contributed by atoms with Crippen LogP contribution in [-0.2, 0) is 6.54 Å². The first-order chi connectivity index (χ1) is 8.86. The highest BCUT2D eigenvalue weighted by Gasteiger charge is 2.41. The van der Waals surface area contributed by atoms with Gasteiger partial charge in [0, 0.05) is 24.3 Å². The summed E-state index contributed by atoms with van der Waals surface area (Å²) in [5.41, 5.74) is 6.69. The Morgan fingerprint density at radius 3 is 2.79 bits per heavy atom. The van der Waals surface area contributed by atoms with E-state index in [1.54, 1.807) is 17.0 Å². The molecule has 3 nitrogen and oxygen atoms in total. The Bertz CT molecular complexity index is 448. The standard InChI is InChI=1S/C13H17F3N2O/c14-13(15,16)10-2-1-5-18(8-10)7-9-6-11(17)3-4-12(9)19/h3-4,6,10,19H,1-2,5,7-8,17H2. The zero-order chi connectivity index (χ0) is 14.0. The average molecular weight is 274 g/mol. The van der Waals surface area contributed by atoms with Crippen molar-refractivity contribution in [2.24, 2.45) is 5.92 Å². The summed E-state index contributed by atoms with van der Waals surface area (Å²) in [6.45, 7) is 0.891. The van der Waals surface area contributed by atoms with Crippen molar-refractivity contribution in [2.75, 3.05) is 18.8 Å². The Hall–Kier alpha value is -1.43. The lowest BCUT2D eigenvalue weighted by molar-refractivity contribution is -0.187. The highest BCUT2D eigenvalue weighted by atomic mass is 19.4. The molecular weight excluding hydrogens is 257 g/mol. The Morgan fingerprint density at radius 2 is 2.11 bits per heavy atom. The van der Waals surface area contributed by atoms with Gasteiger partial charge in [-0.05, 0) is 37.6 Å². The maximum atomic E-state index is 12.7. The number of benzene rings is 1. The number of hydrogen-bond acceptors (Lipinski definition) is 3. The fourth-order valence-corrected chi connectivity index (χ4v) is 2.44. The molecule has 0 spiro atoms. The second kappa shape index (κ2) is 5.28. The van der Waals surface area contributed by atoms with Crippen LogP contribution in [0.4, 0.5) is 18.9 Å². The molecule has 6 heteroatoms. The molecule has 0 saturated carbocycles. The number of aromatic hydroxyl groups is 1. The van der Waals surface area contributed by atoms with Gasteiger partial charge in [0.25, 0.3) is 0 Å². The molecule has 0 radical (unpaired) electrons. The third-order valence-corrected chi connectivity index (χ3v) is 3.47. The van der Waals surface area contributed by atoms with Gasteiger partial charge >= 0.3 is 6.18 Å². The van der Waals surface area contributed by atoms with Gasteiger partial charge in [-0.3, -0.25) is 4.90 Å². The number of nitrogens with zero attached hydrogens (tertiary/aromatic N) is 1. The lowest BCUT2D eigenvalue weighted by atomic mass is 9.97. The number of alkyl halides is 3. The van der Waals surface area contributed by atoms with Crippen molar-refractivity contribution in [3.05, 3.63) is 23.8 Å². The van der Waals surface area contributed by atoms with E-state index in [1.807, 2.05) is 0 Å². The van der Waals surface area contributed by atoms with Crippen LogP contribution >= 0.6 is 0 Å². The summed E-state index contributed by atoms with van der Waals surface area (Å²) in [6, 6.07) is 4.63. The highest BCUT2D eigenvalue weighted by molar-refractivity contribution is 5.47. The predicted molar refractivity (Wildman–Crippen MR) is 66.6 cm³/mol. The Kier molecular flexibility index (Phi) is 3.89. The molecule has 2 rings (SSSR count). The maximum absolute atomic E-state index is 12.7. The Balaban J connectivity index is 2.05. The van der Waals surface area contributed by atoms with Crippen molar-refractivity contribution in [1.29, 1.82) is 0 Å². The average Bonchev–Trinajstić information content (AvgIpc) is 2.33. The largest absolute Gasteiger partial charge is 0.508 e. The molecule has 1 aliphatic heterocycles. The monoisotopic (exact) mass is 274 g/mol. The van der Waals surface area contributed by atoms with Gasteiger partial charge in [-0.1, -0.05) is 0 Å². The van der Waals surface area contributed by atoms with E-state index in [2.05, 4.69) is 0 Å². The fourth-order valence-electron chi connectivity index (χ4n) is 2.44. The summed E-state index contributed by atoms with van der Waals surface area (Å²) >= 11 is 0. The topological polar surface area (TPSA) is 49.5 Å². The molecule has 1 heterocycles. The summed E-state index contributed by atoms with van der Waals surface area (Å²) < 4.78 is 38.1. The van der Waals surface area contributed by atoms with Gasteiger partial charge in [0.2, 0.25) is 0 Å². The van der Waals surface area contributed by atoms with Crippen LogP contribution in [0.15, 0.2) is 18.2 Å². The molecule has 19 heavy (non-hydrogen) atoms. The summed E-state index contributed by atoms with van der Waals surface area (Å²) in [5.74, 6) is -1.20. The molecule has 1 atom stereocenters. The molecule has 106 valence electrons. The second-order valence-corrected chi connectivity index (χ2v) is 5.00. The molecule has 0 amide bonds. The molecule has 0 aliphatic carbocycles. The lowest BCUT2D eigenvalue weighted by Gasteiger charge is -2.33. The molecule has 1 fully saturated rings. The summed E-state index contributed by atoms with van der Waals surface area (Å²) in [4.78, 5) is 1.72. The number of rotatable bonds is 2. The van der Waals surface area contributed by atoms with Crippen molar-refractivity contribution >= 4 is 5.69 Å². The summed E-state index contributed by atoms with van der Waals surface area (Å²) in [5, 5.41) is 9.69. The SMILES string of the molecule is Nc1ccc(O)c(CN2CCCC(C(F)(F)F)C2)c1. The van der Waals surface area contributed by atoms with Crippen molar-refractivity contribution in [1.82, 2.24) is 4.90 Å². The summed E-state index contributed by atoms with van der Waals surface area (Å²) in [7, 11) is 0. The van der Waals surface area contributed by atoms with Crippen LogP contribution in [0, 0.1) is 5.92 Å². The van der Waals surface area contributed by atoms with Gasteiger partial charge < -0.3 is 10.8 Å². The fraction of sp³-hybridized carbons (Fsp3) is 0.538. The molecule has 0 bridgehead atoms. The van der Waals surface area contributed by atoms with Gasteiger partial charge in [0.1, 0.15) is 5.75 Å². The normalized spacial score (nSPS) is 21.5. The van der Waals surface area contributed by atoms with Crippen LogP contribution in [0.25, 0.3) is 0 Å².